The lowest BCUT2D eigenvalue weighted by atomic mass is 10.3. The third-order valence-corrected chi connectivity index (χ3v) is 5.37. The fourth-order valence-electron chi connectivity index (χ4n) is 1.97. The van der Waals surface area contributed by atoms with Gasteiger partial charge in [-0.2, -0.15) is 11.8 Å². The second-order valence-electron chi connectivity index (χ2n) is 4.93. The van der Waals surface area contributed by atoms with Gasteiger partial charge in [-0.3, -0.25) is 4.79 Å². The Hall–Kier alpha value is -1.31. The molecule has 0 unspecified atom stereocenters. The molecule has 3 N–H and O–H groups in total. The van der Waals surface area contributed by atoms with Crippen LogP contribution >= 0.6 is 23.1 Å². The summed E-state index contributed by atoms with van der Waals surface area (Å²) in [5.41, 5.74) is 7.31. The van der Waals surface area contributed by atoms with Gasteiger partial charge >= 0.3 is 0 Å². The summed E-state index contributed by atoms with van der Waals surface area (Å²) in [4.78, 5) is 16.3. The molecule has 7 heteroatoms. The molecule has 0 saturated carbocycles. The third-order valence-electron chi connectivity index (χ3n) is 3.17. The highest BCUT2D eigenvalue weighted by molar-refractivity contribution is 8.00. The highest BCUT2D eigenvalue weighted by atomic mass is 32.2. The predicted octanol–water partition coefficient (Wildman–Crippen LogP) is 2.73. The van der Waals surface area contributed by atoms with Crippen LogP contribution in [0.4, 0.5) is 10.8 Å². The van der Waals surface area contributed by atoms with Crippen LogP contribution in [0.2, 0.25) is 0 Å². The minimum absolute atomic E-state index is 0.0208. The third kappa shape index (κ3) is 3.87. The Balaban J connectivity index is 1.46. The first-order valence-electron chi connectivity index (χ1n) is 6.86. The number of hydrogen-bond acceptors (Lipinski definition) is 6. The number of carbonyl (C=O) groups excluding carboxylic acids is 1. The minimum atomic E-state index is 0.0208. The van der Waals surface area contributed by atoms with Crippen molar-refractivity contribution in [2.75, 3.05) is 30.0 Å². The van der Waals surface area contributed by atoms with Crippen molar-refractivity contribution in [1.29, 1.82) is 0 Å². The average Bonchev–Trinajstić information content (AvgIpc) is 2.77. The van der Waals surface area contributed by atoms with E-state index in [4.69, 9.17) is 10.5 Å². The van der Waals surface area contributed by atoms with Crippen molar-refractivity contribution < 1.29 is 9.53 Å². The van der Waals surface area contributed by atoms with Crippen LogP contribution in [0, 0.1) is 0 Å². The second-order valence-corrected chi connectivity index (χ2v) is 7.37. The number of nitrogens with one attached hydrogen (secondary N) is 1. The van der Waals surface area contributed by atoms with Gasteiger partial charge in [-0.25, -0.2) is 4.98 Å². The molecule has 3 rings (SSSR count). The van der Waals surface area contributed by atoms with Gasteiger partial charge in [0.05, 0.1) is 28.7 Å². The van der Waals surface area contributed by atoms with Crippen molar-refractivity contribution in [3.63, 3.8) is 0 Å². The normalized spacial score (nSPS) is 15.0. The van der Waals surface area contributed by atoms with Crippen molar-refractivity contribution in [3.8, 4) is 0 Å². The Morgan fingerprint density at radius 1 is 1.52 bits per heavy atom. The van der Waals surface area contributed by atoms with Gasteiger partial charge in [0.25, 0.3) is 0 Å². The van der Waals surface area contributed by atoms with E-state index in [0.29, 0.717) is 22.5 Å². The van der Waals surface area contributed by atoms with Gasteiger partial charge in [0.2, 0.25) is 5.91 Å². The molecule has 0 bridgehead atoms. The van der Waals surface area contributed by atoms with Crippen LogP contribution in [-0.4, -0.2) is 35.1 Å². The molecule has 1 aliphatic rings. The number of benzene rings is 1. The fraction of sp³-hybridized carbons (Fsp3) is 0.429. The van der Waals surface area contributed by atoms with E-state index in [1.807, 2.05) is 30.0 Å². The first-order valence-corrected chi connectivity index (χ1v) is 8.72. The minimum Gasteiger partial charge on any atom is -0.399 e. The van der Waals surface area contributed by atoms with E-state index in [-0.39, 0.29) is 5.91 Å². The van der Waals surface area contributed by atoms with Crippen LogP contribution in [0.5, 0.6) is 0 Å². The topological polar surface area (TPSA) is 77.2 Å². The molecule has 1 aromatic heterocycles. The Morgan fingerprint density at radius 2 is 2.38 bits per heavy atom. The van der Waals surface area contributed by atoms with Gasteiger partial charge in [0, 0.05) is 12.1 Å². The molecule has 2 heterocycles. The lowest BCUT2D eigenvalue weighted by Crippen LogP contribution is -2.30. The number of amides is 1. The number of anilines is 2. The van der Waals surface area contributed by atoms with Gasteiger partial charge in [0.1, 0.15) is 0 Å². The molecule has 0 atom stereocenters. The Kier molecular flexibility index (Phi) is 4.62. The number of aromatic nitrogens is 1. The summed E-state index contributed by atoms with van der Waals surface area (Å²) in [5.74, 6) is 1.02. The molecule has 0 radical (unpaired) electrons. The SMILES string of the molecule is Nc1ccc2nc(NC(=O)CCCSC3COC3)sc2c1. The summed E-state index contributed by atoms with van der Waals surface area (Å²) in [6.07, 6.45) is 1.41. The van der Waals surface area contributed by atoms with Gasteiger partial charge in [-0.1, -0.05) is 11.3 Å². The quantitative estimate of drug-likeness (QED) is 0.631. The van der Waals surface area contributed by atoms with Gasteiger partial charge < -0.3 is 15.8 Å². The number of thioether (sulfide) groups is 1. The van der Waals surface area contributed by atoms with E-state index in [0.717, 1.165) is 35.6 Å². The molecule has 1 amide bonds. The van der Waals surface area contributed by atoms with Crippen molar-refractivity contribution in [3.05, 3.63) is 18.2 Å². The zero-order valence-corrected chi connectivity index (χ0v) is 13.1. The van der Waals surface area contributed by atoms with E-state index in [9.17, 15) is 4.79 Å². The fourth-order valence-corrected chi connectivity index (χ4v) is 3.93. The number of nitrogens with zero attached hydrogens (tertiary/aromatic N) is 1. The van der Waals surface area contributed by atoms with E-state index in [2.05, 4.69) is 10.3 Å². The first-order chi connectivity index (χ1) is 10.2. The molecule has 21 heavy (non-hydrogen) atoms. The van der Waals surface area contributed by atoms with Crippen LogP contribution in [0.3, 0.4) is 0 Å². The van der Waals surface area contributed by atoms with E-state index >= 15 is 0 Å². The zero-order valence-electron chi connectivity index (χ0n) is 11.5. The summed E-state index contributed by atoms with van der Waals surface area (Å²) in [7, 11) is 0. The molecule has 1 aromatic carbocycles. The summed E-state index contributed by atoms with van der Waals surface area (Å²) in [6, 6.07) is 5.56. The maximum absolute atomic E-state index is 11.9. The number of nitrogens with two attached hydrogens (primary N) is 1. The largest absolute Gasteiger partial charge is 0.399 e. The van der Waals surface area contributed by atoms with Crippen LogP contribution in [0.15, 0.2) is 18.2 Å². The highest BCUT2D eigenvalue weighted by Crippen LogP contribution is 2.27. The molecule has 1 saturated heterocycles. The van der Waals surface area contributed by atoms with Crippen LogP contribution in [-0.2, 0) is 9.53 Å². The smallest absolute Gasteiger partial charge is 0.226 e. The monoisotopic (exact) mass is 323 g/mol. The van der Waals surface area contributed by atoms with Crippen molar-refractivity contribution >= 4 is 50.0 Å². The van der Waals surface area contributed by atoms with Crippen molar-refractivity contribution in [1.82, 2.24) is 4.98 Å². The van der Waals surface area contributed by atoms with Crippen molar-refractivity contribution in [2.45, 2.75) is 18.1 Å². The molecule has 112 valence electrons. The van der Waals surface area contributed by atoms with Crippen molar-refractivity contribution in [2.24, 2.45) is 0 Å². The average molecular weight is 323 g/mol. The molecule has 0 spiro atoms. The highest BCUT2D eigenvalue weighted by Gasteiger charge is 2.18. The number of rotatable bonds is 6. The standard InChI is InChI=1S/C14H17N3O2S2/c15-9-3-4-11-12(6-9)21-14(16-11)17-13(18)2-1-5-20-10-7-19-8-10/h3-4,6,10H,1-2,5,7-8,15H2,(H,16,17,18). The molecule has 2 aromatic rings. The number of carbonyl (C=O) groups is 1. The maximum Gasteiger partial charge on any atom is 0.226 e. The molecular formula is C14H17N3O2S2. The molecular weight excluding hydrogens is 306 g/mol. The van der Waals surface area contributed by atoms with Crippen LogP contribution < -0.4 is 11.1 Å². The Labute approximate surface area is 131 Å². The molecule has 1 aliphatic heterocycles. The number of nitrogen functional groups attached to an aromatic ring is 1. The Bertz CT molecular complexity index is 640. The molecule has 5 nitrogen and oxygen atoms in total. The second kappa shape index (κ2) is 6.64. The number of fused-ring (bicyclic) bond motifs is 1. The molecule has 1 fully saturated rings. The number of hydrogen-bond donors (Lipinski definition) is 2. The van der Waals surface area contributed by atoms with Crippen LogP contribution in [0.25, 0.3) is 10.2 Å². The summed E-state index contributed by atoms with van der Waals surface area (Å²) >= 11 is 3.34. The predicted molar refractivity (Wildman–Crippen MR) is 89.0 cm³/mol. The summed E-state index contributed by atoms with van der Waals surface area (Å²) in [6.45, 7) is 1.71. The Morgan fingerprint density at radius 3 is 3.14 bits per heavy atom. The summed E-state index contributed by atoms with van der Waals surface area (Å²) < 4.78 is 6.10. The van der Waals surface area contributed by atoms with Crippen LogP contribution in [0.1, 0.15) is 12.8 Å². The maximum atomic E-state index is 11.9. The zero-order chi connectivity index (χ0) is 14.7. The van der Waals surface area contributed by atoms with E-state index in [1.54, 1.807) is 0 Å². The van der Waals surface area contributed by atoms with E-state index < -0.39 is 0 Å². The first kappa shape index (κ1) is 14.6. The molecule has 0 aliphatic carbocycles. The van der Waals surface area contributed by atoms with Gasteiger partial charge in [-0.15, -0.1) is 0 Å². The van der Waals surface area contributed by atoms with E-state index in [1.165, 1.54) is 11.3 Å². The van der Waals surface area contributed by atoms with Gasteiger partial charge in [0.15, 0.2) is 5.13 Å². The summed E-state index contributed by atoms with van der Waals surface area (Å²) in [5, 5.41) is 4.13. The number of ether oxygens (including phenoxy) is 1. The lowest BCUT2D eigenvalue weighted by Gasteiger charge is -2.25. The number of thiazole rings is 1. The van der Waals surface area contributed by atoms with Gasteiger partial charge in [-0.05, 0) is 30.4 Å². The lowest BCUT2D eigenvalue weighted by molar-refractivity contribution is -0.116.